The zero-order valence-corrected chi connectivity index (χ0v) is 38.4. The van der Waals surface area contributed by atoms with Gasteiger partial charge >= 0.3 is 0 Å². The Kier molecular flexibility index (Phi) is 19.5. The van der Waals surface area contributed by atoms with Gasteiger partial charge in [0.1, 0.15) is 11.0 Å². The second-order valence-corrected chi connectivity index (χ2v) is 14.5. The van der Waals surface area contributed by atoms with Crippen LogP contribution < -0.4 is 0 Å². The summed E-state index contributed by atoms with van der Waals surface area (Å²) in [7, 11) is 0. The van der Waals surface area contributed by atoms with Crippen LogP contribution in [0, 0.1) is 28.5 Å². The van der Waals surface area contributed by atoms with Crippen molar-refractivity contribution in [2.45, 2.75) is 20.3 Å². The zero-order valence-electron chi connectivity index (χ0n) is 36.1. The maximum absolute atomic E-state index is 13.4. The van der Waals surface area contributed by atoms with Gasteiger partial charge in [0.25, 0.3) is 0 Å². The Labute approximate surface area is 403 Å². The van der Waals surface area contributed by atoms with Gasteiger partial charge in [0.2, 0.25) is 0 Å². The molecule has 0 aliphatic rings. The van der Waals surface area contributed by atoms with E-state index in [2.05, 4.69) is 57.0 Å². The molecule has 326 valence electrons. The molecule has 0 fully saturated rings. The van der Waals surface area contributed by atoms with E-state index in [0.717, 1.165) is 55.7 Å². The van der Waals surface area contributed by atoms with Crippen LogP contribution in [-0.2, 0) is 20.4 Å². The molecule has 5 heterocycles. The number of halogens is 2. The first kappa shape index (κ1) is 49.3. The van der Waals surface area contributed by atoms with E-state index in [1.807, 2.05) is 133 Å². The molecule has 0 atom stereocenters. The van der Waals surface area contributed by atoms with E-state index in [1.165, 1.54) is 18.1 Å². The third-order valence-electron chi connectivity index (χ3n) is 9.32. The van der Waals surface area contributed by atoms with Gasteiger partial charge in [0.15, 0.2) is 0 Å². The molecule has 10 rings (SSSR count). The van der Waals surface area contributed by atoms with Gasteiger partial charge in [-0.15, -0.1) is 0 Å². The fourth-order valence-corrected chi connectivity index (χ4v) is 6.38. The number of pyridine rings is 5. The maximum atomic E-state index is 13.4. The van der Waals surface area contributed by atoms with E-state index < -0.39 is 0 Å². The van der Waals surface area contributed by atoms with Crippen LogP contribution in [0.1, 0.15) is 31.4 Å². The van der Waals surface area contributed by atoms with Crippen LogP contribution in [-0.4, -0.2) is 24.9 Å². The molecule has 0 unspecified atom stereocenters. The molecule has 0 N–H and O–H groups in total. The summed E-state index contributed by atoms with van der Waals surface area (Å²) in [5, 5.41) is 19.9. The standard InChI is InChI=1S/C15H11N3.C13H8FN.C13H9N.C12H7ClN2.C3H8.Pd/c1-3-10-16-12(6-1)14-8-5-9-15(18-14)13-7-2-4-11-17-13;14-13-4-2-1-3-12(13)11-7-5-10(9-15)6-8-11;14-10-11-6-8-13(9-7-11)12-4-2-1-3-5-12;13-10-6-5-9-4-3-8-2-1-7-14-11(8)12(9)15-10;1-3-2;/h1-11H;1-8H;1-9H;1-7H;3H2,1-2H3;. The summed E-state index contributed by atoms with van der Waals surface area (Å²) in [5.41, 5.74) is 10.2. The summed E-state index contributed by atoms with van der Waals surface area (Å²) in [5.74, 6) is -0.248. The molecule has 5 aromatic carbocycles. The summed E-state index contributed by atoms with van der Waals surface area (Å²) in [6, 6.07) is 64.5. The van der Waals surface area contributed by atoms with Crippen LogP contribution in [0.3, 0.4) is 0 Å². The van der Waals surface area contributed by atoms with Crippen molar-refractivity contribution in [3.8, 4) is 57.2 Å². The van der Waals surface area contributed by atoms with Crippen molar-refractivity contribution in [3.63, 3.8) is 0 Å². The van der Waals surface area contributed by atoms with Gasteiger partial charge in [-0.05, 0) is 102 Å². The maximum Gasteiger partial charge on any atom is 0.131 e. The monoisotopic (exact) mass is 973 g/mol. The van der Waals surface area contributed by atoms with Crippen LogP contribution >= 0.6 is 11.6 Å². The van der Waals surface area contributed by atoms with Gasteiger partial charge in [-0.3, -0.25) is 15.0 Å². The van der Waals surface area contributed by atoms with Crippen molar-refractivity contribution in [2.75, 3.05) is 0 Å². The second kappa shape index (κ2) is 26.1. The number of fused-ring (bicyclic) bond motifs is 3. The van der Waals surface area contributed by atoms with Crippen molar-refractivity contribution in [3.05, 3.63) is 235 Å². The molecule has 66 heavy (non-hydrogen) atoms. The molecule has 0 aliphatic carbocycles. The quantitative estimate of drug-likeness (QED) is 0.0981. The van der Waals surface area contributed by atoms with Crippen molar-refractivity contribution in [1.82, 2.24) is 24.9 Å². The first-order valence-corrected chi connectivity index (χ1v) is 21.2. The van der Waals surface area contributed by atoms with Gasteiger partial charge in [0, 0.05) is 55.3 Å². The molecule has 10 heteroatoms. The molecule has 0 bridgehead atoms. The van der Waals surface area contributed by atoms with E-state index in [-0.39, 0.29) is 26.2 Å². The second-order valence-electron chi connectivity index (χ2n) is 14.1. The number of benzene rings is 5. The molecule has 10 aromatic rings. The number of hydrogen-bond donors (Lipinski definition) is 0. The van der Waals surface area contributed by atoms with Crippen molar-refractivity contribution in [1.29, 1.82) is 10.5 Å². The van der Waals surface area contributed by atoms with E-state index in [0.29, 0.717) is 21.8 Å². The molecular weight excluding hydrogens is 932 g/mol. The van der Waals surface area contributed by atoms with Crippen molar-refractivity contribution < 1.29 is 24.8 Å². The molecule has 0 radical (unpaired) electrons. The van der Waals surface area contributed by atoms with Gasteiger partial charge in [-0.2, -0.15) is 10.5 Å². The zero-order chi connectivity index (χ0) is 45.6. The minimum Gasteiger partial charge on any atom is -0.255 e. The minimum absolute atomic E-state index is 0. The third kappa shape index (κ3) is 14.1. The summed E-state index contributed by atoms with van der Waals surface area (Å²) < 4.78 is 13.4. The van der Waals surface area contributed by atoms with Gasteiger partial charge in [-0.25, -0.2) is 14.4 Å². The van der Waals surface area contributed by atoms with Gasteiger partial charge in [-0.1, -0.05) is 141 Å². The van der Waals surface area contributed by atoms with Crippen LogP contribution in [0.25, 0.3) is 66.8 Å². The topological polar surface area (TPSA) is 112 Å². The van der Waals surface area contributed by atoms with Crippen LogP contribution in [0.15, 0.2) is 213 Å². The summed E-state index contributed by atoms with van der Waals surface area (Å²) >= 11 is 5.88. The summed E-state index contributed by atoms with van der Waals surface area (Å²) in [4.78, 5) is 21.8. The van der Waals surface area contributed by atoms with Crippen LogP contribution in [0.5, 0.6) is 0 Å². The Morgan fingerprint density at radius 2 is 0.909 bits per heavy atom. The number of aromatic nitrogens is 5. The summed E-state index contributed by atoms with van der Waals surface area (Å²) in [6.45, 7) is 4.25. The number of hydrogen-bond acceptors (Lipinski definition) is 7. The SMILES string of the molecule is CCC.Clc1ccc2ccc3cccnc3c2n1.N#Cc1ccc(-c2ccccc2)cc1.N#Cc1ccc(-c2ccccc2F)cc1.[Pd].c1ccc(-c2cccc(-c3ccccn3)n2)nc1. The average molecular weight is 975 g/mol. The Hall–Kier alpha value is -7.77. The first-order chi connectivity index (χ1) is 31.9. The van der Waals surface area contributed by atoms with Crippen LogP contribution in [0.4, 0.5) is 4.39 Å². The molecule has 0 saturated carbocycles. The molecule has 0 saturated heterocycles. The van der Waals surface area contributed by atoms with E-state index in [1.54, 1.807) is 67.1 Å². The third-order valence-corrected chi connectivity index (χ3v) is 9.53. The van der Waals surface area contributed by atoms with E-state index >= 15 is 0 Å². The predicted octanol–water partition coefficient (Wildman–Crippen LogP) is 14.6. The Balaban J connectivity index is 0.000000161. The summed E-state index contributed by atoms with van der Waals surface area (Å²) in [6.07, 6.45) is 6.55. The molecule has 7 nitrogen and oxygen atoms in total. The number of nitrogens with zero attached hydrogens (tertiary/aromatic N) is 7. The fourth-order valence-electron chi connectivity index (χ4n) is 6.24. The van der Waals surface area contributed by atoms with Crippen molar-refractivity contribution >= 4 is 33.4 Å². The molecule has 0 spiro atoms. The molecule has 0 aliphatic heterocycles. The van der Waals surface area contributed by atoms with Crippen molar-refractivity contribution in [2.24, 2.45) is 0 Å². The van der Waals surface area contributed by atoms with Crippen LogP contribution in [0.2, 0.25) is 5.15 Å². The predicted molar refractivity (Wildman–Crippen MR) is 262 cm³/mol. The number of rotatable bonds is 4. The smallest absolute Gasteiger partial charge is 0.131 e. The Morgan fingerprint density at radius 1 is 0.439 bits per heavy atom. The Bertz CT molecular complexity index is 3070. The largest absolute Gasteiger partial charge is 0.255 e. The molecular formula is C56H43ClFN7Pd. The number of nitriles is 2. The van der Waals surface area contributed by atoms with E-state index in [9.17, 15) is 4.39 Å². The minimum atomic E-state index is -0.248. The molecule has 5 aromatic heterocycles. The van der Waals surface area contributed by atoms with E-state index in [4.69, 9.17) is 22.1 Å². The fraction of sp³-hybridized carbons (Fsp3) is 0.0536. The normalized spacial score (nSPS) is 9.73. The average Bonchev–Trinajstić information content (AvgIpc) is 3.38. The Morgan fingerprint density at radius 3 is 1.45 bits per heavy atom. The first-order valence-electron chi connectivity index (χ1n) is 20.8. The molecule has 0 amide bonds. The van der Waals surface area contributed by atoms with Gasteiger partial charge in [0.05, 0.1) is 57.1 Å². The van der Waals surface area contributed by atoms with Gasteiger partial charge < -0.3 is 0 Å².